The van der Waals surface area contributed by atoms with Crippen molar-refractivity contribution < 1.29 is 0 Å². The number of hydrogen-bond acceptors (Lipinski definition) is 6. The molecule has 10 rings (SSSR count). The van der Waals surface area contributed by atoms with Gasteiger partial charge in [0, 0.05) is 33.2 Å². The summed E-state index contributed by atoms with van der Waals surface area (Å²) in [5, 5.41) is 10.7. The van der Waals surface area contributed by atoms with E-state index in [1.54, 1.807) is 0 Å². The highest BCUT2D eigenvalue weighted by Gasteiger charge is 2.21. The van der Waals surface area contributed by atoms with Crippen molar-refractivity contribution in [3.63, 3.8) is 0 Å². The molecule has 0 aliphatic rings. The predicted molar refractivity (Wildman–Crippen MR) is 241 cm³/mol. The maximum atomic E-state index is 9.73. The van der Waals surface area contributed by atoms with E-state index in [-0.39, 0.29) is 0 Å². The van der Waals surface area contributed by atoms with E-state index in [4.69, 9.17) is 24.9 Å². The summed E-state index contributed by atoms with van der Waals surface area (Å²) < 4.78 is 0. The summed E-state index contributed by atoms with van der Waals surface area (Å²) >= 11 is 0. The highest BCUT2D eigenvalue weighted by Crippen LogP contribution is 2.41. The number of fused-ring (bicyclic) bond motifs is 1. The molecule has 0 saturated heterocycles. The van der Waals surface area contributed by atoms with E-state index in [9.17, 15) is 5.26 Å². The molecule has 60 heavy (non-hydrogen) atoms. The molecule has 0 radical (unpaired) electrons. The maximum Gasteiger partial charge on any atom is 0.164 e. The van der Waals surface area contributed by atoms with E-state index >= 15 is 0 Å². The molecule has 6 nitrogen and oxygen atoms in total. The van der Waals surface area contributed by atoms with Crippen LogP contribution in [-0.2, 0) is 0 Å². The van der Waals surface area contributed by atoms with Crippen molar-refractivity contribution in [2.45, 2.75) is 0 Å². The highest BCUT2D eigenvalue weighted by molar-refractivity contribution is 5.99. The lowest BCUT2D eigenvalue weighted by atomic mass is 9.90. The van der Waals surface area contributed by atoms with Gasteiger partial charge in [-0.1, -0.05) is 176 Å². The zero-order valence-electron chi connectivity index (χ0n) is 32.3. The number of rotatable bonds is 8. The maximum absolute atomic E-state index is 9.73. The van der Waals surface area contributed by atoms with Gasteiger partial charge in [0.15, 0.2) is 23.3 Å². The molecule has 280 valence electrons. The average molecular weight is 767 g/mol. The summed E-state index contributed by atoms with van der Waals surface area (Å²) in [6.45, 7) is 0. The molecule has 0 fully saturated rings. The molecule has 0 saturated carbocycles. The highest BCUT2D eigenvalue weighted by atomic mass is 15.0. The third-order valence-electron chi connectivity index (χ3n) is 10.6. The topological polar surface area (TPSA) is 88.2 Å². The lowest BCUT2D eigenvalue weighted by Gasteiger charge is -2.17. The Morgan fingerprint density at radius 3 is 1.38 bits per heavy atom. The van der Waals surface area contributed by atoms with Crippen molar-refractivity contribution in [3.8, 4) is 96.3 Å². The van der Waals surface area contributed by atoms with Crippen molar-refractivity contribution in [1.82, 2.24) is 24.9 Å². The molecule has 0 unspecified atom stereocenters. The monoisotopic (exact) mass is 766 g/mol. The lowest BCUT2D eigenvalue weighted by Crippen LogP contribution is -2.02. The van der Waals surface area contributed by atoms with Crippen LogP contribution in [0.1, 0.15) is 5.56 Å². The molecule has 6 heteroatoms. The van der Waals surface area contributed by atoms with E-state index in [2.05, 4.69) is 78.9 Å². The molecule has 2 heterocycles. The predicted octanol–water partition coefficient (Wildman–Crippen LogP) is 13.0. The Kier molecular flexibility index (Phi) is 9.51. The van der Waals surface area contributed by atoms with E-state index in [1.165, 1.54) is 0 Å². The molecule has 0 atom stereocenters. The molecule has 0 amide bonds. The first kappa shape index (κ1) is 36.0. The van der Waals surface area contributed by atoms with Crippen LogP contribution in [-0.4, -0.2) is 24.9 Å². The summed E-state index contributed by atoms with van der Waals surface area (Å²) in [6, 6.07) is 71.6. The Labute approximate surface area is 347 Å². The average Bonchev–Trinajstić information content (AvgIpc) is 3.34. The number of benzene rings is 8. The number of nitrogens with zero attached hydrogens (tertiary/aromatic N) is 6. The largest absolute Gasteiger partial charge is 0.228 e. The minimum Gasteiger partial charge on any atom is -0.228 e. The van der Waals surface area contributed by atoms with Gasteiger partial charge in [-0.05, 0) is 63.7 Å². The SMILES string of the molecule is N#Cc1ccc(-c2cc(-c3ccccc3-c3nc(-c4ccccc4)nc4ccccc34)ccc2-c2nc(-c3ccccc3)nc(-c3ccccc3-c3ccccc3)n2)cc1. The fourth-order valence-electron chi connectivity index (χ4n) is 7.69. The van der Waals surface area contributed by atoms with Gasteiger partial charge in [0.2, 0.25) is 0 Å². The second kappa shape index (κ2) is 15.9. The number of para-hydroxylation sites is 1. The fraction of sp³-hybridized carbons (Fsp3) is 0. The summed E-state index contributed by atoms with van der Waals surface area (Å²) in [5.74, 6) is 2.35. The fourth-order valence-corrected chi connectivity index (χ4v) is 7.69. The van der Waals surface area contributed by atoms with Crippen LogP contribution in [0.3, 0.4) is 0 Å². The Balaban J connectivity index is 1.19. The Hall–Kier alpha value is -8.40. The van der Waals surface area contributed by atoms with Crippen LogP contribution in [0.15, 0.2) is 206 Å². The van der Waals surface area contributed by atoms with Gasteiger partial charge in [0.05, 0.1) is 22.8 Å². The quantitative estimate of drug-likeness (QED) is 0.153. The van der Waals surface area contributed by atoms with Crippen molar-refractivity contribution in [2.75, 3.05) is 0 Å². The van der Waals surface area contributed by atoms with Gasteiger partial charge in [-0.3, -0.25) is 0 Å². The Bertz CT molecular complexity index is 3200. The molecular formula is C54H34N6. The van der Waals surface area contributed by atoms with E-state index < -0.39 is 0 Å². The Morgan fingerprint density at radius 1 is 0.300 bits per heavy atom. The molecule has 10 aromatic rings. The van der Waals surface area contributed by atoms with Crippen molar-refractivity contribution >= 4 is 10.9 Å². The van der Waals surface area contributed by atoms with Crippen molar-refractivity contribution in [2.24, 2.45) is 0 Å². The molecule has 0 N–H and O–H groups in total. The molecular weight excluding hydrogens is 733 g/mol. The first-order valence-corrected chi connectivity index (χ1v) is 19.7. The molecule has 0 aliphatic heterocycles. The van der Waals surface area contributed by atoms with Gasteiger partial charge in [0.25, 0.3) is 0 Å². The van der Waals surface area contributed by atoms with Crippen LogP contribution in [0.5, 0.6) is 0 Å². The third-order valence-corrected chi connectivity index (χ3v) is 10.6. The number of hydrogen-bond donors (Lipinski definition) is 0. The van der Waals surface area contributed by atoms with Gasteiger partial charge in [-0.25, -0.2) is 24.9 Å². The molecule has 2 aromatic heterocycles. The van der Waals surface area contributed by atoms with E-state index in [0.717, 1.165) is 77.8 Å². The standard InChI is InChI=1S/C54H34N6/c55-35-36-28-30-38(31-29-36)48-34-41(43-23-10-12-24-44(43)50-47-26-14-15-27-49(47)56-51(57-50)39-18-6-2-7-19-39)32-33-46(48)54-59-52(40-20-8-3-9-21-40)58-53(60-54)45-25-13-11-22-42(45)37-16-4-1-5-17-37/h1-34H. The third kappa shape index (κ3) is 6.97. The van der Waals surface area contributed by atoms with E-state index in [0.29, 0.717) is 28.9 Å². The molecule has 0 bridgehead atoms. The summed E-state index contributed by atoms with van der Waals surface area (Å²) in [5.41, 5.74) is 12.8. The number of aromatic nitrogens is 5. The summed E-state index contributed by atoms with van der Waals surface area (Å²) in [6.07, 6.45) is 0. The van der Waals surface area contributed by atoms with Crippen molar-refractivity contribution in [3.05, 3.63) is 212 Å². The van der Waals surface area contributed by atoms with Crippen LogP contribution >= 0.6 is 0 Å². The number of nitriles is 1. The van der Waals surface area contributed by atoms with Gasteiger partial charge in [-0.15, -0.1) is 0 Å². The zero-order valence-corrected chi connectivity index (χ0v) is 32.3. The second-order valence-corrected chi connectivity index (χ2v) is 14.4. The first-order valence-electron chi connectivity index (χ1n) is 19.7. The first-order chi connectivity index (χ1) is 29.7. The van der Waals surface area contributed by atoms with Crippen LogP contribution in [0.2, 0.25) is 0 Å². The van der Waals surface area contributed by atoms with E-state index in [1.807, 2.05) is 133 Å². The summed E-state index contributed by atoms with van der Waals surface area (Å²) in [4.78, 5) is 25.7. The van der Waals surface area contributed by atoms with Gasteiger partial charge in [0.1, 0.15) is 0 Å². The van der Waals surface area contributed by atoms with Crippen LogP contribution in [0.4, 0.5) is 0 Å². The second-order valence-electron chi connectivity index (χ2n) is 14.4. The molecule has 0 spiro atoms. The van der Waals surface area contributed by atoms with Crippen LogP contribution in [0.25, 0.3) is 101 Å². The van der Waals surface area contributed by atoms with Gasteiger partial charge < -0.3 is 0 Å². The van der Waals surface area contributed by atoms with Crippen molar-refractivity contribution in [1.29, 1.82) is 5.26 Å². The normalized spacial score (nSPS) is 11.0. The van der Waals surface area contributed by atoms with Gasteiger partial charge in [-0.2, -0.15) is 5.26 Å². The van der Waals surface area contributed by atoms with Crippen LogP contribution < -0.4 is 0 Å². The Morgan fingerprint density at radius 2 is 0.750 bits per heavy atom. The van der Waals surface area contributed by atoms with Crippen LogP contribution in [0, 0.1) is 11.3 Å². The zero-order chi connectivity index (χ0) is 40.3. The minimum atomic E-state index is 0.537. The van der Waals surface area contributed by atoms with Gasteiger partial charge >= 0.3 is 0 Å². The minimum absolute atomic E-state index is 0.537. The molecule has 0 aliphatic carbocycles. The molecule has 8 aromatic carbocycles. The lowest BCUT2D eigenvalue weighted by molar-refractivity contribution is 1.07. The smallest absolute Gasteiger partial charge is 0.164 e. The summed E-state index contributed by atoms with van der Waals surface area (Å²) in [7, 11) is 0.